The van der Waals surface area contributed by atoms with E-state index in [1.165, 1.54) is 18.2 Å². The molecule has 8 nitrogen and oxygen atoms in total. The van der Waals surface area contributed by atoms with E-state index in [4.69, 9.17) is 16.0 Å². The second-order valence-electron chi connectivity index (χ2n) is 13.6. The lowest BCUT2D eigenvalue weighted by Crippen LogP contribution is -2.66. The molecule has 4 aromatic carbocycles. The molecule has 3 N–H and O–H groups in total. The molecule has 0 aromatic heterocycles. The van der Waals surface area contributed by atoms with Crippen molar-refractivity contribution >= 4 is 56.0 Å². The number of hydrogen-bond donors (Lipinski definition) is 3. The van der Waals surface area contributed by atoms with Gasteiger partial charge in [0.2, 0.25) is 20.0 Å². The van der Waals surface area contributed by atoms with Gasteiger partial charge < -0.3 is 9.53 Å². The third-order valence-electron chi connectivity index (χ3n) is 7.60. The molecule has 4 rings (SSSR count). The Kier molecular flexibility index (Phi) is 11.0. The number of halogens is 1. The Balaban J connectivity index is 1.73. The fourth-order valence-corrected chi connectivity index (χ4v) is 13.1. The average molecular weight is 715 g/mol. The first kappa shape index (κ1) is 36.6. The number of nitrogens with one attached hydrogen (secondary N) is 2. The lowest BCUT2D eigenvalue weighted by molar-refractivity contribution is 0.286. The smallest absolute Gasteiger partial charge is 0.261 e. The lowest BCUT2D eigenvalue weighted by atomic mass is 10.1. The van der Waals surface area contributed by atoms with Crippen LogP contribution in [0.3, 0.4) is 0 Å². The van der Waals surface area contributed by atoms with Gasteiger partial charge in [-0.2, -0.15) is 0 Å². The summed E-state index contributed by atoms with van der Waals surface area (Å²) in [6, 6.07) is 29.3. The maximum Gasteiger partial charge on any atom is 0.261 e. The Labute approximate surface area is 285 Å². The number of phenols is 1. The van der Waals surface area contributed by atoms with E-state index in [1.54, 1.807) is 39.0 Å². The molecule has 4 aromatic rings. The number of benzene rings is 4. The van der Waals surface area contributed by atoms with Crippen LogP contribution in [-0.4, -0.2) is 41.6 Å². The molecule has 0 heterocycles. The van der Waals surface area contributed by atoms with E-state index in [0.29, 0.717) is 16.1 Å². The summed E-state index contributed by atoms with van der Waals surface area (Å²) in [6.07, 6.45) is -0.00886. The summed E-state index contributed by atoms with van der Waals surface area (Å²) < 4.78 is 66.1. The van der Waals surface area contributed by atoms with Crippen molar-refractivity contribution < 1.29 is 26.4 Å². The molecular weight excluding hydrogens is 672 g/mol. The van der Waals surface area contributed by atoms with Gasteiger partial charge in [0.05, 0.1) is 18.0 Å². The van der Waals surface area contributed by atoms with Crippen LogP contribution in [-0.2, 0) is 37.5 Å². The van der Waals surface area contributed by atoms with Gasteiger partial charge in [-0.25, -0.2) is 21.6 Å². The summed E-state index contributed by atoms with van der Waals surface area (Å²) in [5.74, 6) is -0.511. The van der Waals surface area contributed by atoms with Crippen LogP contribution in [0.25, 0.3) is 0 Å². The molecule has 0 aliphatic rings. The highest BCUT2D eigenvalue weighted by Crippen LogP contribution is 2.38. The summed E-state index contributed by atoms with van der Waals surface area (Å²) in [6.45, 7) is 11.7. The molecular formula is C35H43ClN2O6S2Si. The standard InChI is InChI=1S/C35H43ClN2O6S2Si/c1-34(2,3)38-46(42,43)33-23-26(17-20-31(33)37-45(40,41)22-21-27-18-19-28(36)24-32(27)39)25-44-47(35(4,5)6,29-13-9-7-10-14-29)30-15-11-8-12-16-30/h7-20,23-24,37-39H,21-22,25H2,1-6H3. The highest BCUT2D eigenvalue weighted by atomic mass is 35.5. The number of aromatic hydroxyl groups is 1. The minimum Gasteiger partial charge on any atom is -0.508 e. The lowest BCUT2D eigenvalue weighted by Gasteiger charge is -2.43. The van der Waals surface area contributed by atoms with E-state index >= 15 is 0 Å². The Morgan fingerprint density at radius 2 is 1.36 bits per heavy atom. The molecule has 0 bridgehead atoms. The van der Waals surface area contributed by atoms with Gasteiger partial charge in [-0.3, -0.25) is 4.72 Å². The second-order valence-corrected chi connectivity index (χ2v) is 21.8. The first-order valence-electron chi connectivity index (χ1n) is 15.2. The number of anilines is 1. The monoisotopic (exact) mass is 714 g/mol. The van der Waals surface area contributed by atoms with E-state index in [9.17, 15) is 21.9 Å². The molecule has 0 aliphatic carbocycles. The number of rotatable bonds is 12. The zero-order valence-corrected chi connectivity index (χ0v) is 30.9. The Bertz CT molecular complexity index is 1870. The average Bonchev–Trinajstić information content (AvgIpc) is 2.96. The van der Waals surface area contributed by atoms with Gasteiger partial charge in [0.1, 0.15) is 10.6 Å². The van der Waals surface area contributed by atoms with Crippen LogP contribution in [0.2, 0.25) is 10.1 Å². The zero-order valence-electron chi connectivity index (χ0n) is 27.5. The van der Waals surface area contributed by atoms with Gasteiger partial charge >= 0.3 is 0 Å². The minimum absolute atomic E-state index is 0.00886. The van der Waals surface area contributed by atoms with E-state index in [2.05, 4.69) is 54.5 Å². The summed E-state index contributed by atoms with van der Waals surface area (Å²) >= 11 is 5.90. The van der Waals surface area contributed by atoms with Crippen LogP contribution < -0.4 is 19.8 Å². The van der Waals surface area contributed by atoms with Gasteiger partial charge in [-0.1, -0.05) is 105 Å². The van der Waals surface area contributed by atoms with Crippen molar-refractivity contribution in [3.8, 4) is 5.75 Å². The van der Waals surface area contributed by atoms with Gasteiger partial charge in [0.15, 0.2) is 0 Å². The van der Waals surface area contributed by atoms with Crippen LogP contribution >= 0.6 is 11.6 Å². The van der Waals surface area contributed by atoms with Crippen molar-refractivity contribution in [1.82, 2.24) is 4.72 Å². The summed E-state index contributed by atoms with van der Waals surface area (Å²) in [4.78, 5) is -0.214. The Morgan fingerprint density at radius 1 is 0.787 bits per heavy atom. The Morgan fingerprint density at radius 3 is 1.87 bits per heavy atom. The first-order chi connectivity index (χ1) is 21.8. The van der Waals surface area contributed by atoms with Crippen LogP contribution in [0.5, 0.6) is 5.75 Å². The molecule has 0 saturated carbocycles. The molecule has 0 fully saturated rings. The summed E-state index contributed by atoms with van der Waals surface area (Å²) in [5, 5.41) is 12.4. The maximum atomic E-state index is 13.7. The molecule has 252 valence electrons. The van der Waals surface area contributed by atoms with Crippen molar-refractivity contribution in [2.45, 2.75) is 70.0 Å². The maximum absolute atomic E-state index is 13.7. The van der Waals surface area contributed by atoms with Crippen molar-refractivity contribution in [2.24, 2.45) is 0 Å². The van der Waals surface area contributed by atoms with E-state index < -0.39 is 39.7 Å². The molecule has 0 atom stereocenters. The first-order valence-corrected chi connectivity index (χ1v) is 20.6. The highest BCUT2D eigenvalue weighted by molar-refractivity contribution is 7.93. The van der Waals surface area contributed by atoms with Crippen LogP contribution in [0.15, 0.2) is 102 Å². The molecule has 12 heteroatoms. The van der Waals surface area contributed by atoms with E-state index in [1.807, 2.05) is 36.4 Å². The number of phenolic OH excluding ortho intramolecular Hbond substituents is 1. The molecule has 47 heavy (non-hydrogen) atoms. The molecule has 0 aliphatic heterocycles. The predicted octanol–water partition coefficient (Wildman–Crippen LogP) is 6.18. The van der Waals surface area contributed by atoms with E-state index in [-0.39, 0.29) is 34.4 Å². The zero-order chi connectivity index (χ0) is 34.7. The summed E-state index contributed by atoms with van der Waals surface area (Å²) in [7, 11) is -11.2. The largest absolute Gasteiger partial charge is 0.508 e. The normalized spacial score (nSPS) is 13.0. The number of hydrogen-bond acceptors (Lipinski definition) is 6. The van der Waals surface area contributed by atoms with E-state index in [0.717, 1.165) is 10.4 Å². The molecule has 0 spiro atoms. The highest BCUT2D eigenvalue weighted by Gasteiger charge is 2.50. The van der Waals surface area contributed by atoms with Crippen LogP contribution in [0, 0.1) is 0 Å². The molecule has 0 radical (unpaired) electrons. The number of aryl methyl sites for hydroxylation is 1. The van der Waals surface area contributed by atoms with Crippen molar-refractivity contribution in [3.05, 3.63) is 113 Å². The fraction of sp³-hybridized carbons (Fsp3) is 0.314. The van der Waals surface area contributed by atoms with Gasteiger partial charge in [-0.05, 0) is 78.0 Å². The van der Waals surface area contributed by atoms with Crippen molar-refractivity contribution in [1.29, 1.82) is 0 Å². The van der Waals surface area contributed by atoms with Gasteiger partial charge in [0, 0.05) is 10.6 Å². The molecule has 0 unspecified atom stereocenters. The third kappa shape index (κ3) is 9.04. The Hall–Kier alpha value is -3.19. The van der Waals surface area contributed by atoms with Crippen LogP contribution in [0.4, 0.5) is 5.69 Å². The van der Waals surface area contributed by atoms with Crippen molar-refractivity contribution in [3.63, 3.8) is 0 Å². The fourth-order valence-electron chi connectivity index (χ4n) is 5.59. The second kappa shape index (κ2) is 14.1. The van der Waals surface area contributed by atoms with Gasteiger partial charge in [-0.15, -0.1) is 0 Å². The topological polar surface area (TPSA) is 122 Å². The van der Waals surface area contributed by atoms with Gasteiger partial charge in [0.25, 0.3) is 8.32 Å². The molecule has 0 amide bonds. The van der Waals surface area contributed by atoms with Crippen molar-refractivity contribution in [2.75, 3.05) is 10.5 Å². The third-order valence-corrected chi connectivity index (χ3v) is 15.9. The number of sulfonamides is 2. The molecule has 0 saturated heterocycles. The minimum atomic E-state index is -4.18. The summed E-state index contributed by atoms with van der Waals surface area (Å²) in [5.41, 5.74) is 0.0538. The quantitative estimate of drug-likeness (QED) is 0.151. The predicted molar refractivity (Wildman–Crippen MR) is 193 cm³/mol. The SMILES string of the molecule is CC(C)(C)NS(=O)(=O)c1cc(CO[Si](c2ccccc2)(c2ccccc2)C(C)(C)C)ccc1NS(=O)(=O)CCc1ccc(Cl)cc1O. The van der Waals surface area contributed by atoms with Crippen LogP contribution in [0.1, 0.15) is 52.7 Å².